The fourth-order valence-electron chi connectivity index (χ4n) is 4.57. The number of nitrogens with zero attached hydrogens (tertiary/aromatic N) is 4. The Balaban J connectivity index is 1.27. The van der Waals surface area contributed by atoms with Crippen LogP contribution in [0.25, 0.3) is 0 Å². The average Bonchev–Trinajstić information content (AvgIpc) is 3.19. The molecule has 7 nitrogen and oxygen atoms in total. The first-order valence-corrected chi connectivity index (χ1v) is 9.73. The maximum Gasteiger partial charge on any atom is 0.260 e. The zero-order valence-corrected chi connectivity index (χ0v) is 15.2. The topological polar surface area (TPSA) is 82.2 Å². The molecule has 3 aliphatic rings. The van der Waals surface area contributed by atoms with Crippen molar-refractivity contribution in [2.75, 3.05) is 31.1 Å². The molecule has 1 N–H and O–H groups in total. The molecular weight excluding hydrogens is 342 g/mol. The largest absolute Gasteiger partial charge is 0.356 e. The summed E-state index contributed by atoms with van der Waals surface area (Å²) in [6.07, 6.45) is 7.00. The van der Waals surface area contributed by atoms with E-state index in [-0.39, 0.29) is 17.0 Å². The lowest BCUT2D eigenvalue weighted by Crippen LogP contribution is -2.36. The number of carbonyl (C=O) groups is 1. The summed E-state index contributed by atoms with van der Waals surface area (Å²) in [4.78, 5) is 40.3. The van der Waals surface area contributed by atoms with Crippen molar-refractivity contribution >= 4 is 11.7 Å². The van der Waals surface area contributed by atoms with Crippen LogP contribution >= 0.6 is 0 Å². The number of H-pyrrole nitrogens is 1. The summed E-state index contributed by atoms with van der Waals surface area (Å²) in [5.74, 6) is 2.31. The second kappa shape index (κ2) is 6.48. The van der Waals surface area contributed by atoms with Gasteiger partial charge in [-0.15, -0.1) is 0 Å². The van der Waals surface area contributed by atoms with Crippen LogP contribution in [0.15, 0.2) is 35.5 Å². The third-order valence-corrected chi connectivity index (χ3v) is 6.34. The minimum Gasteiger partial charge on any atom is -0.356 e. The molecule has 2 aromatic heterocycles. The monoisotopic (exact) mass is 365 g/mol. The Morgan fingerprint density at radius 1 is 1.11 bits per heavy atom. The van der Waals surface area contributed by atoms with Gasteiger partial charge in [0.15, 0.2) is 0 Å². The molecule has 1 saturated carbocycles. The summed E-state index contributed by atoms with van der Waals surface area (Å²) in [6.45, 7) is 3.21. The minimum atomic E-state index is -0.314. The van der Waals surface area contributed by atoms with E-state index in [0.29, 0.717) is 30.8 Å². The van der Waals surface area contributed by atoms with Crippen molar-refractivity contribution in [2.45, 2.75) is 25.2 Å². The Morgan fingerprint density at radius 3 is 2.56 bits per heavy atom. The van der Waals surface area contributed by atoms with Gasteiger partial charge in [0.25, 0.3) is 11.5 Å². The number of aromatic nitrogens is 3. The first-order valence-electron chi connectivity index (χ1n) is 9.73. The molecule has 0 spiro atoms. The predicted octanol–water partition coefficient (Wildman–Crippen LogP) is 1.64. The van der Waals surface area contributed by atoms with E-state index in [1.54, 1.807) is 24.7 Å². The Hall–Kier alpha value is -2.70. The number of pyridine rings is 1. The van der Waals surface area contributed by atoms with Gasteiger partial charge in [-0.2, -0.15) is 0 Å². The molecule has 7 heteroatoms. The number of rotatable bonds is 3. The molecule has 2 atom stereocenters. The van der Waals surface area contributed by atoms with E-state index in [2.05, 4.69) is 25.9 Å². The number of carbonyl (C=O) groups excluding carboxylic acids is 1. The van der Waals surface area contributed by atoms with Crippen LogP contribution in [0, 0.1) is 11.8 Å². The van der Waals surface area contributed by atoms with E-state index in [1.165, 1.54) is 25.0 Å². The van der Waals surface area contributed by atoms with E-state index in [1.807, 2.05) is 4.90 Å². The number of fused-ring (bicyclic) bond motifs is 1. The lowest BCUT2D eigenvalue weighted by atomic mass is 9.83. The molecule has 0 radical (unpaired) electrons. The van der Waals surface area contributed by atoms with Gasteiger partial charge in [0.1, 0.15) is 17.7 Å². The van der Waals surface area contributed by atoms with Gasteiger partial charge in [-0.3, -0.25) is 9.59 Å². The smallest absolute Gasteiger partial charge is 0.260 e. The third kappa shape index (κ3) is 2.91. The van der Waals surface area contributed by atoms with Crippen molar-refractivity contribution in [1.29, 1.82) is 0 Å². The van der Waals surface area contributed by atoms with Gasteiger partial charge in [0, 0.05) is 61.9 Å². The Labute approximate surface area is 157 Å². The van der Waals surface area contributed by atoms with E-state index in [4.69, 9.17) is 0 Å². The van der Waals surface area contributed by atoms with Gasteiger partial charge in [-0.25, -0.2) is 9.97 Å². The van der Waals surface area contributed by atoms with E-state index in [0.717, 1.165) is 18.9 Å². The molecule has 2 unspecified atom stereocenters. The zero-order valence-electron chi connectivity index (χ0n) is 15.2. The molecule has 5 rings (SSSR count). The first-order chi connectivity index (χ1) is 13.2. The summed E-state index contributed by atoms with van der Waals surface area (Å²) in [5, 5.41) is 0. The maximum absolute atomic E-state index is 12.7. The van der Waals surface area contributed by atoms with Gasteiger partial charge in [-0.05, 0) is 25.0 Å². The normalized spacial score (nSPS) is 24.7. The molecule has 2 aromatic rings. The molecule has 140 valence electrons. The van der Waals surface area contributed by atoms with Gasteiger partial charge in [0.2, 0.25) is 0 Å². The predicted molar refractivity (Wildman–Crippen MR) is 101 cm³/mol. The summed E-state index contributed by atoms with van der Waals surface area (Å²) >= 11 is 0. The van der Waals surface area contributed by atoms with Crippen LogP contribution in [0.1, 0.15) is 41.2 Å². The van der Waals surface area contributed by atoms with Crippen LogP contribution in [-0.4, -0.2) is 51.9 Å². The van der Waals surface area contributed by atoms with Gasteiger partial charge >= 0.3 is 0 Å². The van der Waals surface area contributed by atoms with Gasteiger partial charge < -0.3 is 14.8 Å². The fourth-order valence-corrected chi connectivity index (χ4v) is 4.57. The molecule has 27 heavy (non-hydrogen) atoms. The molecular formula is C20H23N5O2. The SMILES string of the molecule is O=C(c1ccc[nH]c1=O)N1CC2CN(c3cc(C4CCC4)ncn3)CC2C1. The minimum absolute atomic E-state index is 0.160. The summed E-state index contributed by atoms with van der Waals surface area (Å²) < 4.78 is 0. The Morgan fingerprint density at radius 2 is 1.89 bits per heavy atom. The van der Waals surface area contributed by atoms with E-state index in [9.17, 15) is 9.59 Å². The Bertz CT molecular complexity index is 908. The van der Waals surface area contributed by atoms with Crippen LogP contribution in [0.4, 0.5) is 5.82 Å². The summed E-state index contributed by atoms with van der Waals surface area (Å²) in [6, 6.07) is 5.45. The number of amides is 1. The van der Waals surface area contributed by atoms with Crippen molar-refractivity contribution < 1.29 is 4.79 Å². The van der Waals surface area contributed by atoms with Crippen LogP contribution in [0.2, 0.25) is 0 Å². The molecule has 1 aliphatic carbocycles. The van der Waals surface area contributed by atoms with Crippen molar-refractivity contribution in [2.24, 2.45) is 11.8 Å². The first kappa shape index (κ1) is 16.5. The molecule has 2 saturated heterocycles. The van der Waals surface area contributed by atoms with Crippen LogP contribution < -0.4 is 10.5 Å². The zero-order chi connectivity index (χ0) is 18.4. The van der Waals surface area contributed by atoms with Crippen molar-refractivity contribution in [3.63, 3.8) is 0 Å². The molecule has 1 amide bonds. The van der Waals surface area contributed by atoms with Crippen molar-refractivity contribution in [1.82, 2.24) is 19.9 Å². The van der Waals surface area contributed by atoms with E-state index >= 15 is 0 Å². The quantitative estimate of drug-likeness (QED) is 0.894. The number of hydrogen-bond donors (Lipinski definition) is 1. The second-order valence-corrected chi connectivity index (χ2v) is 7.98. The number of likely N-dealkylation sites (tertiary alicyclic amines) is 1. The molecule has 0 bridgehead atoms. The highest BCUT2D eigenvalue weighted by molar-refractivity contribution is 5.94. The third-order valence-electron chi connectivity index (χ3n) is 6.34. The summed E-state index contributed by atoms with van der Waals surface area (Å²) in [7, 11) is 0. The molecule has 0 aromatic carbocycles. The highest BCUT2D eigenvalue weighted by atomic mass is 16.2. The highest BCUT2D eigenvalue weighted by Gasteiger charge is 2.42. The second-order valence-electron chi connectivity index (χ2n) is 7.98. The molecule has 2 aliphatic heterocycles. The number of aromatic amines is 1. The van der Waals surface area contributed by atoms with Gasteiger partial charge in [-0.1, -0.05) is 6.42 Å². The lowest BCUT2D eigenvalue weighted by Gasteiger charge is -2.26. The van der Waals surface area contributed by atoms with Crippen molar-refractivity contribution in [3.05, 3.63) is 52.3 Å². The maximum atomic E-state index is 12.7. The van der Waals surface area contributed by atoms with Gasteiger partial charge in [0.05, 0.1) is 0 Å². The van der Waals surface area contributed by atoms with Crippen LogP contribution in [0.3, 0.4) is 0 Å². The van der Waals surface area contributed by atoms with Crippen LogP contribution in [-0.2, 0) is 0 Å². The van der Waals surface area contributed by atoms with Crippen molar-refractivity contribution in [3.8, 4) is 0 Å². The van der Waals surface area contributed by atoms with E-state index < -0.39 is 0 Å². The molecule has 4 heterocycles. The van der Waals surface area contributed by atoms with Crippen LogP contribution in [0.5, 0.6) is 0 Å². The number of hydrogen-bond acceptors (Lipinski definition) is 5. The average molecular weight is 365 g/mol. The summed E-state index contributed by atoms with van der Waals surface area (Å²) in [5.41, 5.74) is 1.09. The standard InChI is InChI=1S/C20H23N5O2/c26-19-16(5-2-6-21-19)20(27)25-10-14-8-24(9-15(14)11-25)18-7-17(22-12-23-18)13-3-1-4-13/h2,5-7,12-15H,1,3-4,8-11H2,(H,21,26). The number of anilines is 1. The fraction of sp³-hybridized carbons (Fsp3) is 0.500. The molecule has 3 fully saturated rings. The highest BCUT2D eigenvalue weighted by Crippen LogP contribution is 2.37. The Kier molecular flexibility index (Phi) is 3.95. The number of nitrogens with one attached hydrogen (secondary N) is 1. The lowest BCUT2D eigenvalue weighted by molar-refractivity contribution is 0.0781.